The van der Waals surface area contributed by atoms with Crippen LogP contribution in [0.2, 0.25) is 0 Å². The van der Waals surface area contributed by atoms with Crippen molar-refractivity contribution in [3.8, 4) is 5.75 Å². The molecule has 6 nitrogen and oxygen atoms in total. The summed E-state index contributed by atoms with van der Waals surface area (Å²) in [5.74, 6) is 0.352. The largest absolute Gasteiger partial charge is 0.485 e. The zero-order valence-electron chi connectivity index (χ0n) is 10.4. The first-order chi connectivity index (χ1) is 8.52. The van der Waals surface area contributed by atoms with Crippen molar-refractivity contribution in [3.63, 3.8) is 0 Å². The fraction of sp³-hybridized carbons (Fsp3) is 0.333. The molecule has 0 spiro atoms. The summed E-state index contributed by atoms with van der Waals surface area (Å²) in [7, 11) is 0. The molecule has 0 aliphatic heterocycles. The third-order valence-corrected chi connectivity index (χ3v) is 2.14. The molecule has 4 N–H and O–H groups in total. The Morgan fingerprint density at radius 2 is 2.28 bits per heavy atom. The van der Waals surface area contributed by atoms with Gasteiger partial charge in [-0.25, -0.2) is 0 Å². The van der Waals surface area contributed by atoms with Crippen molar-refractivity contribution in [3.05, 3.63) is 24.3 Å². The Kier molecular flexibility index (Phi) is 4.98. The number of carbonyl (C=O) groups excluding carboxylic acids is 1. The standard InChI is InChI=1S/C12H17N3O3/c1-8(2)12(16)14-9-4-3-5-10(6-9)18-7-11(13)15-17/h3-6,8,17H,7H2,1-2H3,(H2,13,15)(H,14,16). The molecule has 6 heteroatoms. The molecule has 98 valence electrons. The van der Waals surface area contributed by atoms with Crippen LogP contribution in [-0.2, 0) is 4.79 Å². The van der Waals surface area contributed by atoms with Crippen molar-refractivity contribution in [2.45, 2.75) is 13.8 Å². The fourth-order valence-corrected chi connectivity index (χ4v) is 1.14. The summed E-state index contributed by atoms with van der Waals surface area (Å²) in [6.07, 6.45) is 0. The van der Waals surface area contributed by atoms with Gasteiger partial charge < -0.3 is 21.0 Å². The van der Waals surface area contributed by atoms with E-state index in [1.807, 2.05) is 13.8 Å². The van der Waals surface area contributed by atoms with Crippen LogP contribution in [0.15, 0.2) is 29.4 Å². The number of nitrogens with zero attached hydrogens (tertiary/aromatic N) is 1. The summed E-state index contributed by atoms with van der Waals surface area (Å²) in [5.41, 5.74) is 5.93. The molecule has 18 heavy (non-hydrogen) atoms. The number of rotatable bonds is 5. The molecule has 0 bridgehead atoms. The Morgan fingerprint density at radius 3 is 2.89 bits per heavy atom. The molecule has 0 heterocycles. The van der Waals surface area contributed by atoms with Crippen LogP contribution in [0.5, 0.6) is 5.75 Å². The number of ether oxygens (including phenoxy) is 1. The molecule has 1 rings (SSSR count). The second-order valence-electron chi connectivity index (χ2n) is 4.05. The lowest BCUT2D eigenvalue weighted by Crippen LogP contribution is -2.21. The van der Waals surface area contributed by atoms with Crippen LogP contribution in [0.3, 0.4) is 0 Å². The fourth-order valence-electron chi connectivity index (χ4n) is 1.14. The minimum atomic E-state index is -0.0910. The molecule has 0 aliphatic carbocycles. The number of carbonyl (C=O) groups is 1. The van der Waals surface area contributed by atoms with Gasteiger partial charge in [0.15, 0.2) is 5.84 Å². The monoisotopic (exact) mass is 251 g/mol. The molecule has 0 aromatic heterocycles. The molecule has 0 fully saturated rings. The van der Waals surface area contributed by atoms with Crippen LogP contribution >= 0.6 is 0 Å². The molecule has 0 atom stereocenters. The maximum atomic E-state index is 11.5. The Hall–Kier alpha value is -2.24. The topological polar surface area (TPSA) is 96.9 Å². The Bertz CT molecular complexity index is 444. The number of oxime groups is 1. The van der Waals surface area contributed by atoms with Gasteiger partial charge in [0.1, 0.15) is 12.4 Å². The van der Waals surface area contributed by atoms with Crippen molar-refractivity contribution < 1.29 is 14.7 Å². The van der Waals surface area contributed by atoms with Crippen molar-refractivity contribution in [1.82, 2.24) is 0 Å². The lowest BCUT2D eigenvalue weighted by atomic mass is 10.2. The lowest BCUT2D eigenvalue weighted by Gasteiger charge is -2.10. The van der Waals surface area contributed by atoms with E-state index < -0.39 is 0 Å². The number of hydrogen-bond acceptors (Lipinski definition) is 4. The van der Waals surface area contributed by atoms with Gasteiger partial charge in [0.25, 0.3) is 0 Å². The number of amidine groups is 1. The third-order valence-electron chi connectivity index (χ3n) is 2.14. The van der Waals surface area contributed by atoms with Crippen molar-refractivity contribution in [1.29, 1.82) is 0 Å². The summed E-state index contributed by atoms with van der Waals surface area (Å²) < 4.78 is 5.27. The summed E-state index contributed by atoms with van der Waals surface area (Å²) >= 11 is 0. The first-order valence-corrected chi connectivity index (χ1v) is 5.53. The highest BCUT2D eigenvalue weighted by atomic mass is 16.5. The highest BCUT2D eigenvalue weighted by Gasteiger charge is 2.07. The predicted molar refractivity (Wildman–Crippen MR) is 68.8 cm³/mol. The van der Waals surface area contributed by atoms with Crippen molar-refractivity contribution in [2.24, 2.45) is 16.8 Å². The maximum Gasteiger partial charge on any atom is 0.226 e. The van der Waals surface area contributed by atoms with Gasteiger partial charge in [-0.15, -0.1) is 0 Å². The van der Waals surface area contributed by atoms with Crippen LogP contribution in [0.1, 0.15) is 13.8 Å². The van der Waals surface area contributed by atoms with Gasteiger partial charge in [-0.1, -0.05) is 25.1 Å². The van der Waals surface area contributed by atoms with E-state index in [9.17, 15) is 4.79 Å². The molecule has 0 aliphatic rings. The predicted octanol–water partition coefficient (Wildman–Crippen LogP) is 1.41. The van der Waals surface area contributed by atoms with E-state index in [2.05, 4.69) is 10.5 Å². The van der Waals surface area contributed by atoms with E-state index >= 15 is 0 Å². The molecular weight excluding hydrogens is 234 g/mol. The maximum absolute atomic E-state index is 11.5. The van der Waals surface area contributed by atoms with E-state index in [1.54, 1.807) is 24.3 Å². The Labute approximate surface area is 105 Å². The minimum absolute atomic E-state index is 0.0158. The Balaban J connectivity index is 2.65. The van der Waals surface area contributed by atoms with Gasteiger partial charge in [-0.2, -0.15) is 0 Å². The second-order valence-corrected chi connectivity index (χ2v) is 4.05. The lowest BCUT2D eigenvalue weighted by molar-refractivity contribution is -0.118. The van der Waals surface area contributed by atoms with Gasteiger partial charge in [0, 0.05) is 17.7 Å². The molecule has 1 aromatic carbocycles. The van der Waals surface area contributed by atoms with E-state index in [4.69, 9.17) is 15.7 Å². The first-order valence-electron chi connectivity index (χ1n) is 5.53. The number of amides is 1. The average Bonchev–Trinajstić information content (AvgIpc) is 2.36. The van der Waals surface area contributed by atoms with E-state index in [-0.39, 0.29) is 24.3 Å². The van der Waals surface area contributed by atoms with Gasteiger partial charge in [-0.05, 0) is 12.1 Å². The summed E-state index contributed by atoms with van der Waals surface area (Å²) in [6.45, 7) is 3.61. The van der Waals surface area contributed by atoms with Crippen LogP contribution < -0.4 is 15.8 Å². The number of nitrogens with one attached hydrogen (secondary N) is 1. The molecule has 1 amide bonds. The SMILES string of the molecule is CC(C)C(=O)Nc1cccc(OCC(N)=NO)c1. The number of benzene rings is 1. The molecule has 0 unspecified atom stereocenters. The van der Waals surface area contributed by atoms with Gasteiger partial charge in [0.05, 0.1) is 0 Å². The average molecular weight is 251 g/mol. The van der Waals surface area contributed by atoms with E-state index in [0.717, 1.165) is 0 Å². The van der Waals surface area contributed by atoms with Crippen LogP contribution in [0.4, 0.5) is 5.69 Å². The quantitative estimate of drug-likeness (QED) is 0.319. The highest BCUT2D eigenvalue weighted by molar-refractivity contribution is 5.92. The second kappa shape index (κ2) is 6.48. The van der Waals surface area contributed by atoms with Crippen molar-refractivity contribution >= 4 is 17.4 Å². The highest BCUT2D eigenvalue weighted by Crippen LogP contribution is 2.17. The van der Waals surface area contributed by atoms with Gasteiger partial charge >= 0.3 is 0 Å². The van der Waals surface area contributed by atoms with Crippen LogP contribution in [-0.4, -0.2) is 23.6 Å². The number of nitrogens with two attached hydrogens (primary N) is 1. The van der Waals surface area contributed by atoms with E-state index in [0.29, 0.717) is 11.4 Å². The number of hydrogen-bond donors (Lipinski definition) is 3. The summed E-state index contributed by atoms with van der Waals surface area (Å²) in [4.78, 5) is 11.5. The van der Waals surface area contributed by atoms with Gasteiger partial charge in [-0.3, -0.25) is 4.79 Å². The van der Waals surface area contributed by atoms with Gasteiger partial charge in [0.2, 0.25) is 5.91 Å². The zero-order valence-corrected chi connectivity index (χ0v) is 10.4. The molecule has 0 saturated heterocycles. The summed E-state index contributed by atoms with van der Waals surface area (Å²) in [6, 6.07) is 6.90. The molecule has 0 saturated carbocycles. The number of anilines is 1. The molecule has 0 radical (unpaired) electrons. The normalized spacial score (nSPS) is 11.4. The molecule has 1 aromatic rings. The minimum Gasteiger partial charge on any atom is -0.485 e. The molecular formula is C12H17N3O3. The first kappa shape index (κ1) is 13.8. The van der Waals surface area contributed by atoms with E-state index in [1.165, 1.54) is 0 Å². The van der Waals surface area contributed by atoms with Crippen LogP contribution in [0.25, 0.3) is 0 Å². The van der Waals surface area contributed by atoms with Crippen molar-refractivity contribution in [2.75, 3.05) is 11.9 Å². The van der Waals surface area contributed by atoms with Crippen LogP contribution in [0, 0.1) is 5.92 Å². The zero-order chi connectivity index (χ0) is 13.5. The Morgan fingerprint density at radius 1 is 1.56 bits per heavy atom. The smallest absolute Gasteiger partial charge is 0.226 e. The third kappa shape index (κ3) is 4.32. The summed E-state index contributed by atoms with van der Waals surface area (Å²) in [5, 5.41) is 13.9.